The minimum Gasteiger partial charge on any atom is -0.493 e. The van der Waals surface area contributed by atoms with Gasteiger partial charge in [0.15, 0.2) is 11.5 Å². The Hall–Kier alpha value is -4.38. The molecule has 3 aromatic rings. The highest BCUT2D eigenvalue weighted by molar-refractivity contribution is 5.98. The van der Waals surface area contributed by atoms with Crippen molar-refractivity contribution in [2.75, 3.05) is 18.6 Å². The third kappa shape index (κ3) is 4.09. The van der Waals surface area contributed by atoms with E-state index in [1.807, 2.05) is 12.1 Å². The SMILES string of the molecule is COc1ccc(C2CC(=O)N(c3cncc(C(N)=O)c3)C2)cc1Oc1ccccc1C#N. The maximum atomic E-state index is 12.7. The monoisotopic (exact) mass is 428 g/mol. The number of nitrogens with two attached hydrogens (primary N) is 1. The molecule has 160 valence electrons. The molecule has 0 saturated carbocycles. The zero-order valence-electron chi connectivity index (χ0n) is 17.3. The molecule has 1 aliphatic rings. The molecule has 2 amide bonds. The molecule has 2 aromatic carbocycles. The minimum atomic E-state index is -0.600. The lowest BCUT2D eigenvalue weighted by molar-refractivity contribution is -0.117. The first-order valence-electron chi connectivity index (χ1n) is 9.90. The fourth-order valence-electron chi connectivity index (χ4n) is 3.68. The smallest absolute Gasteiger partial charge is 0.250 e. The van der Waals surface area contributed by atoms with Crippen LogP contribution in [0.2, 0.25) is 0 Å². The normalized spacial score (nSPS) is 15.3. The summed E-state index contributed by atoms with van der Waals surface area (Å²) >= 11 is 0. The van der Waals surface area contributed by atoms with Gasteiger partial charge >= 0.3 is 0 Å². The van der Waals surface area contributed by atoms with Crippen molar-refractivity contribution in [1.29, 1.82) is 5.26 Å². The van der Waals surface area contributed by atoms with E-state index >= 15 is 0 Å². The highest BCUT2D eigenvalue weighted by atomic mass is 16.5. The van der Waals surface area contributed by atoms with Gasteiger partial charge < -0.3 is 20.1 Å². The highest BCUT2D eigenvalue weighted by Gasteiger charge is 2.32. The van der Waals surface area contributed by atoms with E-state index < -0.39 is 5.91 Å². The maximum Gasteiger partial charge on any atom is 0.250 e. The molecule has 0 aliphatic carbocycles. The quantitative estimate of drug-likeness (QED) is 0.643. The average Bonchev–Trinajstić information content (AvgIpc) is 3.21. The van der Waals surface area contributed by atoms with Gasteiger partial charge in [0.25, 0.3) is 0 Å². The lowest BCUT2D eigenvalue weighted by Crippen LogP contribution is -2.25. The number of para-hydroxylation sites is 1. The number of carbonyl (C=O) groups excluding carboxylic acids is 2. The number of nitrogens with zero attached hydrogens (tertiary/aromatic N) is 3. The molecule has 8 heteroatoms. The topological polar surface area (TPSA) is 119 Å². The summed E-state index contributed by atoms with van der Waals surface area (Å²) in [5.41, 5.74) is 7.41. The first-order valence-corrected chi connectivity index (χ1v) is 9.90. The molecule has 1 saturated heterocycles. The zero-order chi connectivity index (χ0) is 22.7. The summed E-state index contributed by atoms with van der Waals surface area (Å²) in [4.78, 5) is 29.8. The van der Waals surface area contributed by atoms with Crippen molar-refractivity contribution >= 4 is 17.5 Å². The molecule has 4 rings (SSSR count). The van der Waals surface area contributed by atoms with Crippen molar-refractivity contribution in [1.82, 2.24) is 4.98 Å². The number of methoxy groups -OCH3 is 1. The van der Waals surface area contributed by atoms with E-state index in [2.05, 4.69) is 11.1 Å². The maximum absolute atomic E-state index is 12.7. The molecule has 0 bridgehead atoms. The van der Waals surface area contributed by atoms with Crippen LogP contribution in [0.25, 0.3) is 0 Å². The summed E-state index contributed by atoms with van der Waals surface area (Å²) in [5, 5.41) is 9.33. The van der Waals surface area contributed by atoms with Gasteiger partial charge in [0.1, 0.15) is 11.8 Å². The minimum absolute atomic E-state index is 0.0773. The Morgan fingerprint density at radius 1 is 1.16 bits per heavy atom. The summed E-state index contributed by atoms with van der Waals surface area (Å²) in [6.45, 7) is 0.420. The fourth-order valence-corrected chi connectivity index (χ4v) is 3.68. The number of ether oxygens (including phenoxy) is 2. The summed E-state index contributed by atoms with van der Waals surface area (Å²) < 4.78 is 11.4. The molecular formula is C24H20N4O4. The van der Waals surface area contributed by atoms with Gasteiger partial charge in [0.2, 0.25) is 11.8 Å². The average molecular weight is 428 g/mol. The van der Waals surface area contributed by atoms with Gasteiger partial charge in [-0.3, -0.25) is 14.6 Å². The van der Waals surface area contributed by atoms with Gasteiger partial charge in [-0.2, -0.15) is 5.26 Å². The van der Waals surface area contributed by atoms with Crippen molar-refractivity contribution in [2.24, 2.45) is 5.73 Å². The number of primary amides is 1. The van der Waals surface area contributed by atoms with E-state index in [9.17, 15) is 14.9 Å². The third-order valence-electron chi connectivity index (χ3n) is 5.33. The van der Waals surface area contributed by atoms with Gasteiger partial charge in [0, 0.05) is 25.1 Å². The van der Waals surface area contributed by atoms with Crippen LogP contribution in [-0.2, 0) is 4.79 Å². The number of carbonyl (C=O) groups is 2. The van der Waals surface area contributed by atoms with Crippen LogP contribution < -0.4 is 20.1 Å². The van der Waals surface area contributed by atoms with Crippen LogP contribution in [0.4, 0.5) is 5.69 Å². The second-order valence-electron chi connectivity index (χ2n) is 7.32. The lowest BCUT2D eigenvalue weighted by Gasteiger charge is -2.18. The predicted molar refractivity (Wildman–Crippen MR) is 117 cm³/mol. The Balaban J connectivity index is 1.61. The predicted octanol–water partition coefficient (Wildman–Crippen LogP) is 3.37. The van der Waals surface area contributed by atoms with E-state index in [0.717, 1.165) is 5.56 Å². The number of amides is 2. The third-order valence-corrected chi connectivity index (χ3v) is 5.33. The van der Waals surface area contributed by atoms with Gasteiger partial charge in [-0.1, -0.05) is 18.2 Å². The van der Waals surface area contributed by atoms with Crippen molar-refractivity contribution in [3.8, 4) is 23.3 Å². The van der Waals surface area contributed by atoms with Crippen molar-refractivity contribution < 1.29 is 19.1 Å². The van der Waals surface area contributed by atoms with Crippen molar-refractivity contribution in [3.05, 3.63) is 77.6 Å². The van der Waals surface area contributed by atoms with Gasteiger partial charge in [-0.05, 0) is 35.9 Å². The van der Waals surface area contributed by atoms with Gasteiger partial charge in [-0.15, -0.1) is 0 Å². The molecule has 2 N–H and O–H groups in total. The van der Waals surface area contributed by atoms with E-state index in [4.69, 9.17) is 15.2 Å². The van der Waals surface area contributed by atoms with Crippen molar-refractivity contribution in [2.45, 2.75) is 12.3 Å². The van der Waals surface area contributed by atoms with E-state index in [-0.39, 0.29) is 17.4 Å². The van der Waals surface area contributed by atoms with Crippen LogP contribution in [0.15, 0.2) is 60.9 Å². The number of rotatable bonds is 6. The van der Waals surface area contributed by atoms with Crippen LogP contribution >= 0.6 is 0 Å². The molecule has 1 aromatic heterocycles. The number of pyridine rings is 1. The van der Waals surface area contributed by atoms with Crippen molar-refractivity contribution in [3.63, 3.8) is 0 Å². The van der Waals surface area contributed by atoms with Crippen LogP contribution in [0.5, 0.6) is 17.2 Å². The van der Waals surface area contributed by atoms with Crippen LogP contribution in [0.1, 0.15) is 33.8 Å². The summed E-state index contributed by atoms with van der Waals surface area (Å²) in [7, 11) is 1.54. The van der Waals surface area contributed by atoms with Gasteiger partial charge in [0.05, 0.1) is 30.1 Å². The molecule has 8 nitrogen and oxygen atoms in total. The van der Waals surface area contributed by atoms with E-state index in [1.54, 1.807) is 41.3 Å². The Kier molecular flexibility index (Phi) is 5.73. The van der Waals surface area contributed by atoms with E-state index in [1.165, 1.54) is 19.5 Å². The molecule has 1 aliphatic heterocycles. The van der Waals surface area contributed by atoms with E-state index in [0.29, 0.717) is 41.5 Å². The Bertz CT molecular complexity index is 1230. The number of hydrogen-bond acceptors (Lipinski definition) is 6. The lowest BCUT2D eigenvalue weighted by atomic mass is 9.98. The van der Waals surface area contributed by atoms with Crippen LogP contribution in [-0.4, -0.2) is 30.5 Å². The molecule has 1 atom stereocenters. The largest absolute Gasteiger partial charge is 0.493 e. The van der Waals surface area contributed by atoms with Crippen LogP contribution in [0, 0.1) is 11.3 Å². The Morgan fingerprint density at radius 2 is 1.97 bits per heavy atom. The second-order valence-corrected chi connectivity index (χ2v) is 7.32. The summed E-state index contributed by atoms with van der Waals surface area (Å²) in [5.74, 6) is 0.615. The zero-order valence-corrected chi connectivity index (χ0v) is 17.3. The Labute approximate surface area is 184 Å². The summed E-state index contributed by atoms with van der Waals surface area (Å²) in [6.07, 6.45) is 3.20. The number of hydrogen-bond donors (Lipinski definition) is 1. The highest BCUT2D eigenvalue weighted by Crippen LogP contribution is 2.38. The first-order chi connectivity index (χ1) is 15.5. The number of benzene rings is 2. The fraction of sp³-hybridized carbons (Fsp3) is 0.167. The molecule has 0 spiro atoms. The number of anilines is 1. The first kappa shape index (κ1) is 20.9. The number of nitriles is 1. The summed E-state index contributed by atoms with van der Waals surface area (Å²) in [6, 6.07) is 16.1. The number of aromatic nitrogens is 1. The molecule has 32 heavy (non-hydrogen) atoms. The van der Waals surface area contributed by atoms with Crippen LogP contribution in [0.3, 0.4) is 0 Å². The molecular weight excluding hydrogens is 408 g/mol. The Morgan fingerprint density at radius 3 is 2.72 bits per heavy atom. The van der Waals surface area contributed by atoms with Gasteiger partial charge in [-0.25, -0.2) is 0 Å². The molecule has 0 radical (unpaired) electrons. The molecule has 1 fully saturated rings. The molecule has 1 unspecified atom stereocenters. The standard InChI is InChI=1S/C24H20N4O4/c1-31-21-7-6-15(9-22(21)32-20-5-3-2-4-16(20)11-25)18-10-23(29)28(14-18)19-8-17(24(26)30)12-27-13-19/h2-9,12-13,18H,10,14H2,1H3,(H2,26,30). The molecule has 2 heterocycles. The second kappa shape index (κ2) is 8.78.